The van der Waals surface area contributed by atoms with Crippen molar-refractivity contribution in [2.45, 2.75) is 19.9 Å². The lowest BCUT2D eigenvalue weighted by atomic mass is 10.1. The minimum atomic E-state index is 0.297. The van der Waals surface area contributed by atoms with Gasteiger partial charge in [-0.05, 0) is 25.0 Å². The smallest absolute Gasteiger partial charge is 0.0570 e. The fourth-order valence-corrected chi connectivity index (χ4v) is 1.46. The zero-order valence-corrected chi connectivity index (χ0v) is 9.73. The van der Waals surface area contributed by atoms with Gasteiger partial charge in [-0.25, -0.2) is 0 Å². The Hall–Kier alpha value is -0.930. The van der Waals surface area contributed by atoms with Crippen LogP contribution in [0.25, 0.3) is 0 Å². The highest BCUT2D eigenvalue weighted by Crippen LogP contribution is 2.08. The summed E-state index contributed by atoms with van der Waals surface area (Å²) in [6, 6.07) is 6.28. The predicted molar refractivity (Wildman–Crippen MR) is 61.7 cm³/mol. The van der Waals surface area contributed by atoms with Gasteiger partial charge in [-0.15, -0.1) is 0 Å². The van der Waals surface area contributed by atoms with Crippen molar-refractivity contribution in [2.24, 2.45) is 5.92 Å². The van der Waals surface area contributed by atoms with Gasteiger partial charge < -0.3 is 10.1 Å². The summed E-state index contributed by atoms with van der Waals surface area (Å²) in [6.07, 6.45) is 1.83. The van der Waals surface area contributed by atoms with Gasteiger partial charge in [0.25, 0.3) is 0 Å². The van der Waals surface area contributed by atoms with Crippen molar-refractivity contribution in [3.8, 4) is 0 Å². The number of ether oxygens (including phenoxy) is 1. The van der Waals surface area contributed by atoms with Crippen molar-refractivity contribution in [3.05, 3.63) is 30.1 Å². The summed E-state index contributed by atoms with van der Waals surface area (Å²) in [7, 11) is 1.73. The fourth-order valence-electron chi connectivity index (χ4n) is 1.46. The highest BCUT2D eigenvalue weighted by Gasteiger charge is 2.07. The maximum Gasteiger partial charge on any atom is 0.0570 e. The largest absolute Gasteiger partial charge is 0.384 e. The number of methoxy groups -OCH3 is 1. The van der Waals surface area contributed by atoms with Gasteiger partial charge in [0, 0.05) is 32.5 Å². The summed E-state index contributed by atoms with van der Waals surface area (Å²) in [5.74, 6) is 0.529. The Kier molecular flexibility index (Phi) is 5.29. The zero-order chi connectivity index (χ0) is 11.1. The second kappa shape index (κ2) is 6.53. The molecule has 0 fully saturated rings. The highest BCUT2D eigenvalue weighted by atomic mass is 16.5. The predicted octanol–water partition coefficient (Wildman–Crippen LogP) is 2.01. The van der Waals surface area contributed by atoms with Crippen molar-refractivity contribution in [1.29, 1.82) is 0 Å². The average Bonchev–Trinajstić information content (AvgIpc) is 2.27. The molecule has 0 aliphatic rings. The normalized spacial score (nSPS) is 14.9. The van der Waals surface area contributed by atoms with Crippen molar-refractivity contribution < 1.29 is 4.74 Å². The van der Waals surface area contributed by atoms with E-state index in [0.29, 0.717) is 12.0 Å². The third kappa shape index (κ3) is 4.40. The third-order valence-corrected chi connectivity index (χ3v) is 2.36. The number of rotatable bonds is 6. The van der Waals surface area contributed by atoms with Crippen LogP contribution in [0.15, 0.2) is 24.4 Å². The molecule has 0 aliphatic heterocycles. The Bertz CT molecular complexity index is 264. The molecule has 1 aromatic heterocycles. The molecule has 1 unspecified atom stereocenters. The van der Waals surface area contributed by atoms with Gasteiger partial charge >= 0.3 is 0 Å². The van der Waals surface area contributed by atoms with Gasteiger partial charge in [0.2, 0.25) is 0 Å². The van der Waals surface area contributed by atoms with Gasteiger partial charge in [-0.3, -0.25) is 4.98 Å². The lowest BCUT2D eigenvalue weighted by Gasteiger charge is -2.16. The van der Waals surface area contributed by atoms with Crippen molar-refractivity contribution in [2.75, 3.05) is 20.3 Å². The maximum atomic E-state index is 5.09. The Labute approximate surface area is 91.9 Å². The van der Waals surface area contributed by atoms with E-state index >= 15 is 0 Å². The summed E-state index contributed by atoms with van der Waals surface area (Å²) < 4.78 is 5.09. The van der Waals surface area contributed by atoms with Crippen LogP contribution in [-0.2, 0) is 4.74 Å². The molecular weight excluding hydrogens is 188 g/mol. The molecule has 0 bridgehead atoms. The van der Waals surface area contributed by atoms with Crippen LogP contribution in [0.5, 0.6) is 0 Å². The molecule has 0 spiro atoms. The molecule has 0 radical (unpaired) electrons. The molecule has 0 saturated heterocycles. The number of nitrogens with zero attached hydrogens (tertiary/aromatic N) is 1. The first kappa shape index (κ1) is 12.1. The molecule has 15 heavy (non-hydrogen) atoms. The quantitative estimate of drug-likeness (QED) is 0.776. The molecule has 2 atom stereocenters. The molecule has 0 amide bonds. The minimum absolute atomic E-state index is 0.297. The van der Waals surface area contributed by atoms with Gasteiger partial charge in [0.15, 0.2) is 0 Å². The lowest BCUT2D eigenvalue weighted by Crippen LogP contribution is -2.26. The number of aromatic nitrogens is 1. The molecule has 3 heteroatoms. The summed E-state index contributed by atoms with van der Waals surface area (Å²) >= 11 is 0. The van der Waals surface area contributed by atoms with E-state index in [0.717, 1.165) is 18.8 Å². The number of pyridine rings is 1. The van der Waals surface area contributed by atoms with Crippen molar-refractivity contribution in [3.63, 3.8) is 0 Å². The van der Waals surface area contributed by atoms with E-state index in [1.165, 1.54) is 0 Å². The Balaban J connectivity index is 2.33. The second-order valence-electron chi connectivity index (χ2n) is 3.95. The molecule has 1 heterocycles. The van der Waals surface area contributed by atoms with Crippen molar-refractivity contribution in [1.82, 2.24) is 10.3 Å². The molecule has 1 N–H and O–H groups in total. The number of nitrogens with one attached hydrogen (secondary N) is 1. The molecule has 1 aromatic rings. The van der Waals surface area contributed by atoms with Crippen LogP contribution in [0, 0.1) is 5.92 Å². The highest BCUT2D eigenvalue weighted by molar-refractivity contribution is 5.07. The topological polar surface area (TPSA) is 34.1 Å². The fraction of sp³-hybridized carbons (Fsp3) is 0.583. The second-order valence-corrected chi connectivity index (χ2v) is 3.95. The first-order chi connectivity index (χ1) is 7.24. The monoisotopic (exact) mass is 208 g/mol. The molecule has 1 rings (SSSR count). The summed E-state index contributed by atoms with van der Waals surface area (Å²) in [5.41, 5.74) is 1.09. The van der Waals surface area contributed by atoms with E-state index in [4.69, 9.17) is 4.74 Å². The summed E-state index contributed by atoms with van der Waals surface area (Å²) in [4.78, 5) is 4.31. The van der Waals surface area contributed by atoms with Crippen LogP contribution in [0.4, 0.5) is 0 Å². The van der Waals surface area contributed by atoms with Crippen LogP contribution in [-0.4, -0.2) is 25.2 Å². The summed E-state index contributed by atoms with van der Waals surface area (Å²) in [6.45, 7) is 6.04. The Morgan fingerprint density at radius 3 is 2.80 bits per heavy atom. The first-order valence-corrected chi connectivity index (χ1v) is 5.37. The van der Waals surface area contributed by atoms with E-state index in [9.17, 15) is 0 Å². The number of hydrogen-bond acceptors (Lipinski definition) is 3. The van der Waals surface area contributed by atoms with Crippen LogP contribution in [0.3, 0.4) is 0 Å². The molecule has 3 nitrogen and oxygen atoms in total. The molecule has 0 aliphatic carbocycles. The van der Waals surface area contributed by atoms with Gasteiger partial charge in [-0.2, -0.15) is 0 Å². The van der Waals surface area contributed by atoms with Crippen LogP contribution in [0.1, 0.15) is 25.6 Å². The van der Waals surface area contributed by atoms with E-state index in [-0.39, 0.29) is 0 Å². The van der Waals surface area contributed by atoms with E-state index in [1.807, 2.05) is 24.4 Å². The first-order valence-electron chi connectivity index (χ1n) is 5.37. The molecule has 0 aromatic carbocycles. The standard InChI is InChI=1S/C12H20N2O/c1-10(9-15-3)8-14-11(2)12-6-4-5-7-13-12/h4-7,10-11,14H,8-9H2,1-3H3/t10?,11-/m0/s1. The molecular formula is C12H20N2O. The molecule has 84 valence electrons. The SMILES string of the molecule is COCC(C)CN[C@@H](C)c1ccccn1. The Morgan fingerprint density at radius 1 is 1.40 bits per heavy atom. The number of hydrogen-bond donors (Lipinski definition) is 1. The Morgan fingerprint density at radius 2 is 2.20 bits per heavy atom. The van der Waals surface area contributed by atoms with E-state index in [1.54, 1.807) is 7.11 Å². The van der Waals surface area contributed by atoms with E-state index < -0.39 is 0 Å². The van der Waals surface area contributed by atoms with Crippen LogP contribution in [0.2, 0.25) is 0 Å². The van der Waals surface area contributed by atoms with Gasteiger partial charge in [-0.1, -0.05) is 13.0 Å². The lowest BCUT2D eigenvalue weighted by molar-refractivity contribution is 0.157. The average molecular weight is 208 g/mol. The van der Waals surface area contributed by atoms with Gasteiger partial charge in [0.05, 0.1) is 5.69 Å². The third-order valence-electron chi connectivity index (χ3n) is 2.36. The zero-order valence-electron chi connectivity index (χ0n) is 9.73. The minimum Gasteiger partial charge on any atom is -0.384 e. The van der Waals surface area contributed by atoms with Gasteiger partial charge in [0.1, 0.15) is 0 Å². The van der Waals surface area contributed by atoms with Crippen LogP contribution < -0.4 is 5.32 Å². The van der Waals surface area contributed by atoms with E-state index in [2.05, 4.69) is 24.1 Å². The summed E-state index contributed by atoms with van der Waals surface area (Å²) in [5, 5.41) is 3.44. The van der Waals surface area contributed by atoms with Crippen LogP contribution >= 0.6 is 0 Å². The maximum absolute atomic E-state index is 5.09. The van der Waals surface area contributed by atoms with Crippen molar-refractivity contribution >= 4 is 0 Å². The molecule has 0 saturated carbocycles.